The highest BCUT2D eigenvalue weighted by molar-refractivity contribution is 7.20. The SMILES string of the molecule is Cc1ccc(C)c(NC(=O)c2cc3c(=O)n4cccc(C)c4nc3s2)c1. The predicted octanol–water partition coefficient (Wildman–Crippen LogP) is 4.09. The number of aryl methyl sites for hydroxylation is 3. The Balaban J connectivity index is 1.80. The van der Waals surface area contributed by atoms with Gasteiger partial charge in [-0.2, -0.15) is 0 Å². The lowest BCUT2D eigenvalue weighted by Crippen LogP contribution is -2.14. The number of nitrogens with one attached hydrogen (secondary N) is 1. The van der Waals surface area contributed by atoms with Crippen LogP contribution in [0.25, 0.3) is 15.9 Å². The topological polar surface area (TPSA) is 63.5 Å². The average Bonchev–Trinajstić information content (AvgIpc) is 3.04. The van der Waals surface area contributed by atoms with E-state index in [0.717, 1.165) is 22.4 Å². The molecule has 3 heterocycles. The van der Waals surface area contributed by atoms with Crippen LogP contribution in [0.2, 0.25) is 0 Å². The smallest absolute Gasteiger partial charge is 0.266 e. The standard InChI is InChI=1S/C20H17N3O2S/c1-11-6-7-12(2)15(9-11)21-18(24)16-10-14-19(26-16)22-17-13(3)5-4-8-23(17)20(14)25/h4-10H,1-3H3,(H,21,24). The molecule has 0 bridgehead atoms. The minimum absolute atomic E-state index is 0.157. The van der Waals surface area contributed by atoms with Crippen molar-refractivity contribution >= 4 is 38.8 Å². The van der Waals surface area contributed by atoms with Gasteiger partial charge in [-0.3, -0.25) is 14.0 Å². The summed E-state index contributed by atoms with van der Waals surface area (Å²) < 4.78 is 1.52. The lowest BCUT2D eigenvalue weighted by Gasteiger charge is -2.08. The minimum atomic E-state index is -0.230. The molecule has 4 rings (SSSR count). The van der Waals surface area contributed by atoms with Crippen LogP contribution in [-0.4, -0.2) is 15.3 Å². The number of amides is 1. The first-order valence-corrected chi connectivity index (χ1v) is 9.06. The molecule has 5 nitrogen and oxygen atoms in total. The normalized spacial score (nSPS) is 11.2. The number of rotatable bonds is 2. The Morgan fingerprint density at radius 3 is 2.73 bits per heavy atom. The molecule has 6 heteroatoms. The summed E-state index contributed by atoms with van der Waals surface area (Å²) in [6.45, 7) is 5.84. The Hall–Kier alpha value is -2.99. The molecule has 4 aromatic rings. The van der Waals surface area contributed by atoms with Crippen LogP contribution in [0.4, 0.5) is 5.69 Å². The number of carbonyl (C=O) groups is 1. The Morgan fingerprint density at radius 1 is 1.12 bits per heavy atom. The van der Waals surface area contributed by atoms with Crippen LogP contribution in [-0.2, 0) is 0 Å². The Kier molecular flexibility index (Phi) is 3.85. The third kappa shape index (κ3) is 2.68. The molecular formula is C20H17N3O2S. The number of hydrogen-bond acceptors (Lipinski definition) is 4. The van der Waals surface area contributed by atoms with Gasteiger partial charge in [0.2, 0.25) is 0 Å². The van der Waals surface area contributed by atoms with Gasteiger partial charge in [0.15, 0.2) is 0 Å². The van der Waals surface area contributed by atoms with E-state index in [2.05, 4.69) is 10.3 Å². The summed E-state index contributed by atoms with van der Waals surface area (Å²) in [5, 5.41) is 3.40. The van der Waals surface area contributed by atoms with Gasteiger partial charge >= 0.3 is 0 Å². The first-order chi connectivity index (χ1) is 12.4. The monoisotopic (exact) mass is 363 g/mol. The number of aromatic nitrogens is 2. The summed E-state index contributed by atoms with van der Waals surface area (Å²) in [4.78, 5) is 31.0. The summed E-state index contributed by atoms with van der Waals surface area (Å²) in [6.07, 6.45) is 1.70. The fraction of sp³-hybridized carbons (Fsp3) is 0.150. The summed E-state index contributed by atoms with van der Waals surface area (Å²) in [5.74, 6) is -0.230. The van der Waals surface area contributed by atoms with Gasteiger partial charge in [-0.15, -0.1) is 11.3 Å². The lowest BCUT2D eigenvalue weighted by molar-refractivity contribution is 0.103. The first kappa shape index (κ1) is 16.5. The second-order valence-electron chi connectivity index (χ2n) is 6.40. The minimum Gasteiger partial charge on any atom is -0.321 e. The zero-order valence-electron chi connectivity index (χ0n) is 14.7. The largest absolute Gasteiger partial charge is 0.321 e. The van der Waals surface area contributed by atoms with Gasteiger partial charge in [0, 0.05) is 11.9 Å². The molecular weight excluding hydrogens is 346 g/mol. The molecule has 0 unspecified atom stereocenters. The van der Waals surface area contributed by atoms with Crippen LogP contribution in [0.3, 0.4) is 0 Å². The zero-order chi connectivity index (χ0) is 18.4. The number of benzene rings is 1. The third-order valence-corrected chi connectivity index (χ3v) is 5.42. The zero-order valence-corrected chi connectivity index (χ0v) is 15.5. The van der Waals surface area contributed by atoms with Gasteiger partial charge in [-0.1, -0.05) is 18.2 Å². The average molecular weight is 363 g/mol. The van der Waals surface area contributed by atoms with Gasteiger partial charge in [0.25, 0.3) is 11.5 Å². The molecule has 0 aliphatic rings. The van der Waals surface area contributed by atoms with E-state index < -0.39 is 0 Å². The highest BCUT2D eigenvalue weighted by Crippen LogP contribution is 2.25. The Labute approximate surface area is 153 Å². The van der Waals surface area contributed by atoms with Crippen molar-refractivity contribution in [2.45, 2.75) is 20.8 Å². The molecule has 26 heavy (non-hydrogen) atoms. The van der Waals surface area contributed by atoms with Crippen molar-refractivity contribution in [3.05, 3.63) is 74.5 Å². The quantitative estimate of drug-likeness (QED) is 0.583. The van der Waals surface area contributed by atoms with Crippen molar-refractivity contribution in [3.63, 3.8) is 0 Å². The Bertz CT molecular complexity index is 1240. The molecule has 3 aromatic heterocycles. The summed E-state index contributed by atoms with van der Waals surface area (Å²) in [6, 6.07) is 11.3. The molecule has 1 N–H and O–H groups in total. The van der Waals surface area contributed by atoms with E-state index in [1.54, 1.807) is 12.3 Å². The lowest BCUT2D eigenvalue weighted by atomic mass is 10.1. The van der Waals surface area contributed by atoms with Crippen molar-refractivity contribution in [2.75, 3.05) is 5.32 Å². The molecule has 1 amide bonds. The van der Waals surface area contributed by atoms with E-state index in [-0.39, 0.29) is 11.5 Å². The van der Waals surface area contributed by atoms with Gasteiger partial charge in [-0.05, 0) is 55.7 Å². The fourth-order valence-electron chi connectivity index (χ4n) is 2.92. The summed E-state index contributed by atoms with van der Waals surface area (Å²) >= 11 is 1.24. The van der Waals surface area contributed by atoms with Crippen LogP contribution in [0.15, 0.2) is 47.4 Å². The number of pyridine rings is 1. The molecule has 130 valence electrons. The number of carbonyl (C=O) groups excluding carboxylic acids is 1. The predicted molar refractivity (Wildman–Crippen MR) is 105 cm³/mol. The van der Waals surface area contributed by atoms with Gasteiger partial charge < -0.3 is 5.32 Å². The van der Waals surface area contributed by atoms with Crippen molar-refractivity contribution in [3.8, 4) is 0 Å². The molecule has 0 saturated carbocycles. The van der Waals surface area contributed by atoms with Crippen LogP contribution in [0.5, 0.6) is 0 Å². The van der Waals surface area contributed by atoms with E-state index in [1.807, 2.05) is 51.1 Å². The van der Waals surface area contributed by atoms with Crippen LogP contribution < -0.4 is 10.9 Å². The van der Waals surface area contributed by atoms with Crippen molar-refractivity contribution in [1.82, 2.24) is 9.38 Å². The molecule has 1 aromatic carbocycles. The maximum absolute atomic E-state index is 12.7. The first-order valence-electron chi connectivity index (χ1n) is 8.24. The van der Waals surface area contributed by atoms with E-state index in [0.29, 0.717) is 20.7 Å². The summed E-state index contributed by atoms with van der Waals surface area (Å²) in [5.41, 5.74) is 4.22. The number of hydrogen-bond donors (Lipinski definition) is 1. The number of fused-ring (bicyclic) bond motifs is 2. The second kappa shape index (κ2) is 6.07. The fourth-order valence-corrected chi connectivity index (χ4v) is 3.84. The number of nitrogens with zero attached hydrogens (tertiary/aromatic N) is 2. The maximum atomic E-state index is 12.7. The van der Waals surface area contributed by atoms with Crippen molar-refractivity contribution in [2.24, 2.45) is 0 Å². The van der Waals surface area contributed by atoms with Gasteiger partial charge in [0.1, 0.15) is 10.5 Å². The molecule has 0 saturated heterocycles. The van der Waals surface area contributed by atoms with E-state index in [9.17, 15) is 9.59 Å². The second-order valence-corrected chi connectivity index (χ2v) is 7.43. The summed E-state index contributed by atoms with van der Waals surface area (Å²) in [7, 11) is 0. The van der Waals surface area contributed by atoms with Crippen LogP contribution in [0, 0.1) is 20.8 Å². The van der Waals surface area contributed by atoms with Gasteiger partial charge in [-0.25, -0.2) is 4.98 Å². The Morgan fingerprint density at radius 2 is 1.92 bits per heavy atom. The molecule has 0 aliphatic heterocycles. The van der Waals surface area contributed by atoms with Gasteiger partial charge in [0.05, 0.1) is 10.3 Å². The molecule has 0 spiro atoms. The molecule has 0 radical (unpaired) electrons. The maximum Gasteiger partial charge on any atom is 0.266 e. The molecule has 0 aliphatic carbocycles. The van der Waals surface area contributed by atoms with E-state index in [4.69, 9.17) is 0 Å². The third-order valence-electron chi connectivity index (χ3n) is 4.40. The van der Waals surface area contributed by atoms with Crippen molar-refractivity contribution < 1.29 is 4.79 Å². The van der Waals surface area contributed by atoms with Crippen molar-refractivity contribution in [1.29, 1.82) is 0 Å². The van der Waals surface area contributed by atoms with Crippen LogP contribution >= 0.6 is 11.3 Å². The van der Waals surface area contributed by atoms with E-state index in [1.165, 1.54) is 15.7 Å². The highest BCUT2D eigenvalue weighted by atomic mass is 32.1. The molecule has 0 fully saturated rings. The van der Waals surface area contributed by atoms with Crippen LogP contribution in [0.1, 0.15) is 26.4 Å². The number of thiophene rings is 1. The molecule has 0 atom stereocenters. The van der Waals surface area contributed by atoms with E-state index >= 15 is 0 Å². The highest BCUT2D eigenvalue weighted by Gasteiger charge is 2.16. The number of anilines is 1.